The molecule has 2 heterocycles. The molecule has 7 nitrogen and oxygen atoms in total. The summed E-state index contributed by atoms with van der Waals surface area (Å²) in [6.45, 7) is 2.95. The first kappa shape index (κ1) is 17.6. The zero-order valence-electron chi connectivity index (χ0n) is 14.6. The number of nitrogens with zero attached hydrogens (tertiary/aromatic N) is 3. The molecule has 0 aliphatic carbocycles. The van der Waals surface area contributed by atoms with Crippen molar-refractivity contribution in [3.05, 3.63) is 35.4 Å². The summed E-state index contributed by atoms with van der Waals surface area (Å²) >= 11 is 0. The van der Waals surface area contributed by atoms with E-state index in [0.717, 1.165) is 18.0 Å². The summed E-state index contributed by atoms with van der Waals surface area (Å²) in [5, 5.41) is 0. The average molecular weight is 345 g/mol. The van der Waals surface area contributed by atoms with Gasteiger partial charge in [-0.1, -0.05) is 12.1 Å². The molecule has 0 N–H and O–H groups in total. The van der Waals surface area contributed by atoms with Gasteiger partial charge in [-0.3, -0.25) is 19.3 Å². The van der Waals surface area contributed by atoms with Crippen LogP contribution in [0.15, 0.2) is 24.3 Å². The van der Waals surface area contributed by atoms with Gasteiger partial charge in [0.2, 0.25) is 5.91 Å². The third-order valence-corrected chi connectivity index (χ3v) is 4.67. The Kier molecular flexibility index (Phi) is 5.15. The van der Waals surface area contributed by atoms with Gasteiger partial charge in [0.1, 0.15) is 0 Å². The van der Waals surface area contributed by atoms with Crippen molar-refractivity contribution in [3.63, 3.8) is 0 Å². The molecule has 1 unspecified atom stereocenters. The van der Waals surface area contributed by atoms with Crippen LogP contribution in [0.4, 0.5) is 0 Å². The minimum atomic E-state index is -0.326. The van der Waals surface area contributed by atoms with Crippen LogP contribution >= 0.6 is 0 Å². The molecule has 1 atom stereocenters. The predicted molar refractivity (Wildman–Crippen MR) is 91.3 cm³/mol. The van der Waals surface area contributed by atoms with E-state index in [9.17, 15) is 14.4 Å². The Morgan fingerprint density at radius 1 is 1.24 bits per heavy atom. The average Bonchev–Trinajstić information content (AvgIpc) is 2.84. The van der Waals surface area contributed by atoms with Gasteiger partial charge in [-0.25, -0.2) is 0 Å². The van der Waals surface area contributed by atoms with E-state index >= 15 is 0 Å². The molecule has 1 saturated heterocycles. The lowest BCUT2D eigenvalue weighted by molar-refractivity contribution is -0.132. The van der Waals surface area contributed by atoms with E-state index in [1.165, 1.54) is 0 Å². The Labute approximate surface area is 147 Å². The molecular formula is C18H23N3O4. The van der Waals surface area contributed by atoms with E-state index in [-0.39, 0.29) is 36.8 Å². The van der Waals surface area contributed by atoms with Crippen LogP contribution in [0.25, 0.3) is 0 Å². The lowest BCUT2D eigenvalue weighted by atomic mass is 10.1. The molecule has 134 valence electrons. The summed E-state index contributed by atoms with van der Waals surface area (Å²) < 4.78 is 5.67. The van der Waals surface area contributed by atoms with E-state index in [2.05, 4.69) is 4.90 Å². The Morgan fingerprint density at radius 2 is 1.88 bits per heavy atom. The molecule has 1 aromatic rings. The fourth-order valence-electron chi connectivity index (χ4n) is 3.23. The summed E-state index contributed by atoms with van der Waals surface area (Å²) in [5.41, 5.74) is 0.818. The number of morpholine rings is 1. The number of benzene rings is 1. The van der Waals surface area contributed by atoms with Gasteiger partial charge >= 0.3 is 0 Å². The number of carbonyl (C=O) groups is 3. The van der Waals surface area contributed by atoms with Crippen molar-refractivity contribution in [2.24, 2.45) is 0 Å². The third-order valence-electron chi connectivity index (χ3n) is 4.67. The zero-order valence-corrected chi connectivity index (χ0v) is 14.6. The van der Waals surface area contributed by atoms with Gasteiger partial charge in [-0.2, -0.15) is 0 Å². The van der Waals surface area contributed by atoms with Gasteiger partial charge in [0.15, 0.2) is 0 Å². The van der Waals surface area contributed by atoms with Crippen molar-refractivity contribution >= 4 is 17.7 Å². The number of likely N-dealkylation sites (N-methyl/N-ethyl adjacent to an activating group) is 2. The number of amides is 3. The molecule has 1 fully saturated rings. The Morgan fingerprint density at radius 3 is 2.48 bits per heavy atom. The largest absolute Gasteiger partial charge is 0.374 e. The van der Waals surface area contributed by atoms with E-state index in [4.69, 9.17) is 4.74 Å². The molecule has 3 rings (SSSR count). The second-order valence-electron chi connectivity index (χ2n) is 6.59. The van der Waals surface area contributed by atoms with Crippen LogP contribution in [-0.4, -0.2) is 85.4 Å². The van der Waals surface area contributed by atoms with E-state index in [1.807, 2.05) is 7.05 Å². The number of rotatable bonds is 5. The van der Waals surface area contributed by atoms with Crippen molar-refractivity contribution in [1.82, 2.24) is 14.7 Å². The van der Waals surface area contributed by atoms with Crippen molar-refractivity contribution in [1.29, 1.82) is 0 Å². The smallest absolute Gasteiger partial charge is 0.261 e. The van der Waals surface area contributed by atoms with Crippen LogP contribution in [0.3, 0.4) is 0 Å². The SMILES string of the molecule is CN1CCOC(CN(C)C(=O)CCN2C(=O)c3ccccc3C2=O)C1. The standard InChI is InChI=1S/C18H23N3O4/c1-19-9-10-25-13(11-19)12-20(2)16(22)7-8-21-17(23)14-5-3-4-6-15(14)18(21)24/h3-6,13H,7-12H2,1-2H3. The van der Waals surface area contributed by atoms with Gasteiger partial charge in [-0.15, -0.1) is 0 Å². The summed E-state index contributed by atoms with van der Waals surface area (Å²) in [6, 6.07) is 6.74. The maximum atomic E-state index is 12.3. The molecule has 0 bridgehead atoms. The fraction of sp³-hybridized carbons (Fsp3) is 0.500. The Hall–Kier alpha value is -2.25. The molecule has 2 aliphatic rings. The van der Waals surface area contributed by atoms with Gasteiger partial charge in [0, 0.05) is 39.6 Å². The van der Waals surface area contributed by atoms with Crippen molar-refractivity contribution < 1.29 is 19.1 Å². The number of ether oxygens (including phenoxy) is 1. The van der Waals surface area contributed by atoms with Crippen molar-refractivity contribution in [2.75, 3.05) is 46.9 Å². The highest BCUT2D eigenvalue weighted by Crippen LogP contribution is 2.22. The monoisotopic (exact) mass is 345 g/mol. The van der Waals surface area contributed by atoms with Gasteiger partial charge in [-0.05, 0) is 19.2 Å². The first-order valence-electron chi connectivity index (χ1n) is 8.46. The minimum Gasteiger partial charge on any atom is -0.374 e. The molecule has 25 heavy (non-hydrogen) atoms. The third kappa shape index (κ3) is 3.72. The Bertz CT molecular complexity index is 656. The zero-order chi connectivity index (χ0) is 18.0. The molecule has 0 radical (unpaired) electrons. The van der Waals surface area contributed by atoms with Crippen LogP contribution in [0.2, 0.25) is 0 Å². The molecule has 7 heteroatoms. The predicted octanol–water partition coefficient (Wildman–Crippen LogP) is 0.462. The van der Waals surface area contributed by atoms with Gasteiger partial charge in [0.05, 0.1) is 23.8 Å². The Balaban J connectivity index is 1.52. The molecular weight excluding hydrogens is 322 g/mol. The van der Waals surface area contributed by atoms with Crippen molar-refractivity contribution in [3.8, 4) is 0 Å². The fourth-order valence-corrected chi connectivity index (χ4v) is 3.23. The van der Waals surface area contributed by atoms with Gasteiger partial charge in [0.25, 0.3) is 11.8 Å². The normalized spacial score (nSPS) is 20.7. The summed E-state index contributed by atoms with van der Waals surface area (Å²) in [7, 11) is 3.75. The second-order valence-corrected chi connectivity index (χ2v) is 6.59. The molecule has 3 amide bonds. The number of hydrogen-bond acceptors (Lipinski definition) is 5. The second kappa shape index (κ2) is 7.33. The van der Waals surface area contributed by atoms with E-state index < -0.39 is 0 Å². The van der Waals surface area contributed by atoms with E-state index in [0.29, 0.717) is 24.3 Å². The first-order valence-corrected chi connectivity index (χ1v) is 8.46. The van der Waals surface area contributed by atoms with Gasteiger partial charge < -0.3 is 14.5 Å². The maximum absolute atomic E-state index is 12.3. The van der Waals surface area contributed by atoms with Crippen LogP contribution in [0, 0.1) is 0 Å². The molecule has 0 spiro atoms. The number of carbonyl (C=O) groups excluding carboxylic acids is 3. The molecule has 1 aromatic carbocycles. The topological polar surface area (TPSA) is 70.2 Å². The molecule has 2 aliphatic heterocycles. The van der Waals surface area contributed by atoms with Crippen LogP contribution < -0.4 is 0 Å². The lowest BCUT2D eigenvalue weighted by Crippen LogP contribution is -2.46. The maximum Gasteiger partial charge on any atom is 0.261 e. The summed E-state index contributed by atoms with van der Waals surface area (Å²) in [4.78, 5) is 41.9. The molecule has 0 saturated carbocycles. The van der Waals surface area contributed by atoms with Crippen LogP contribution in [0.1, 0.15) is 27.1 Å². The highest BCUT2D eigenvalue weighted by atomic mass is 16.5. The number of fused-ring (bicyclic) bond motifs is 1. The van der Waals surface area contributed by atoms with E-state index in [1.54, 1.807) is 36.2 Å². The summed E-state index contributed by atoms with van der Waals surface area (Å²) in [5.74, 6) is -0.755. The number of imide groups is 1. The first-order chi connectivity index (χ1) is 12.0. The van der Waals surface area contributed by atoms with Crippen LogP contribution in [0.5, 0.6) is 0 Å². The highest BCUT2D eigenvalue weighted by Gasteiger charge is 2.35. The minimum absolute atomic E-state index is 0.00740. The highest BCUT2D eigenvalue weighted by molar-refractivity contribution is 6.21. The molecule has 0 aromatic heterocycles. The lowest BCUT2D eigenvalue weighted by Gasteiger charge is -2.32. The summed E-state index contributed by atoms with van der Waals surface area (Å²) in [6.07, 6.45) is 0.108. The number of hydrogen-bond donors (Lipinski definition) is 0. The van der Waals surface area contributed by atoms with Crippen molar-refractivity contribution in [2.45, 2.75) is 12.5 Å². The van der Waals surface area contributed by atoms with Crippen LogP contribution in [-0.2, 0) is 9.53 Å². The quantitative estimate of drug-likeness (QED) is 0.725.